The Bertz CT molecular complexity index is 516. The lowest BCUT2D eigenvalue weighted by Gasteiger charge is -2.25. The summed E-state index contributed by atoms with van der Waals surface area (Å²) in [5.74, 6) is -0.733. The molecule has 1 N–H and O–H groups in total. The zero-order chi connectivity index (χ0) is 15.8. The summed E-state index contributed by atoms with van der Waals surface area (Å²) in [5.41, 5.74) is 5.33. The standard InChI is InChI=1S/C18H27NO2/c1-12-8-14(18(3,4)5)9-13(2)16(12)10-19(11-17(20)21)15-6-7-15/h8-9,15H,6-7,10-11H2,1-5H3,(H,20,21). The average molecular weight is 289 g/mol. The minimum atomic E-state index is -0.733. The number of benzene rings is 1. The summed E-state index contributed by atoms with van der Waals surface area (Å²) >= 11 is 0. The van der Waals surface area contributed by atoms with Crippen molar-refractivity contribution in [1.82, 2.24) is 4.90 Å². The van der Waals surface area contributed by atoms with Crippen molar-refractivity contribution in [3.63, 3.8) is 0 Å². The van der Waals surface area contributed by atoms with Crippen LogP contribution in [0.5, 0.6) is 0 Å². The Kier molecular flexibility index (Phi) is 4.43. The lowest BCUT2D eigenvalue weighted by Crippen LogP contribution is -2.32. The lowest BCUT2D eigenvalue weighted by atomic mass is 9.83. The van der Waals surface area contributed by atoms with Crippen molar-refractivity contribution >= 4 is 5.97 Å². The largest absolute Gasteiger partial charge is 0.480 e. The fraction of sp³-hybridized carbons (Fsp3) is 0.611. The van der Waals surface area contributed by atoms with Gasteiger partial charge in [-0.05, 0) is 54.4 Å². The highest BCUT2D eigenvalue weighted by Gasteiger charge is 2.31. The van der Waals surface area contributed by atoms with Crippen LogP contribution < -0.4 is 0 Å². The van der Waals surface area contributed by atoms with Gasteiger partial charge in [0.25, 0.3) is 0 Å². The normalized spacial score (nSPS) is 15.5. The molecule has 0 aromatic heterocycles. The zero-order valence-electron chi connectivity index (χ0n) is 13.9. The van der Waals surface area contributed by atoms with Crippen LogP contribution in [0.25, 0.3) is 0 Å². The van der Waals surface area contributed by atoms with E-state index in [0.29, 0.717) is 6.04 Å². The Balaban J connectivity index is 2.25. The molecule has 0 amide bonds. The molecule has 1 aromatic rings. The lowest BCUT2D eigenvalue weighted by molar-refractivity contribution is -0.138. The number of carboxylic acid groups (broad SMARTS) is 1. The van der Waals surface area contributed by atoms with Gasteiger partial charge in [0.2, 0.25) is 0 Å². The third-order valence-electron chi connectivity index (χ3n) is 4.32. The molecule has 0 unspecified atom stereocenters. The van der Waals surface area contributed by atoms with Crippen LogP contribution in [0.15, 0.2) is 12.1 Å². The molecular formula is C18H27NO2. The van der Waals surface area contributed by atoms with Gasteiger partial charge in [0, 0.05) is 12.6 Å². The first kappa shape index (κ1) is 16.0. The van der Waals surface area contributed by atoms with Gasteiger partial charge in [-0.1, -0.05) is 32.9 Å². The molecule has 0 heterocycles. The minimum Gasteiger partial charge on any atom is -0.480 e. The fourth-order valence-corrected chi connectivity index (χ4v) is 2.81. The summed E-state index contributed by atoms with van der Waals surface area (Å²) in [6, 6.07) is 4.98. The number of carbonyl (C=O) groups is 1. The highest BCUT2D eigenvalue weighted by Crippen LogP contribution is 2.31. The predicted molar refractivity (Wildman–Crippen MR) is 85.7 cm³/mol. The van der Waals surface area contributed by atoms with Crippen LogP contribution in [-0.2, 0) is 16.8 Å². The topological polar surface area (TPSA) is 40.5 Å². The highest BCUT2D eigenvalue weighted by atomic mass is 16.4. The van der Waals surface area contributed by atoms with Gasteiger partial charge in [-0.15, -0.1) is 0 Å². The van der Waals surface area contributed by atoms with Crippen LogP contribution in [0, 0.1) is 13.8 Å². The fourth-order valence-electron chi connectivity index (χ4n) is 2.81. The first-order chi connectivity index (χ1) is 9.68. The van der Waals surface area contributed by atoms with Crippen molar-refractivity contribution in [3.8, 4) is 0 Å². The second kappa shape index (κ2) is 5.80. The third kappa shape index (κ3) is 4.07. The van der Waals surface area contributed by atoms with E-state index in [0.717, 1.165) is 19.4 Å². The molecule has 116 valence electrons. The molecular weight excluding hydrogens is 262 g/mol. The maximum Gasteiger partial charge on any atom is 0.317 e. The van der Waals surface area contributed by atoms with Crippen molar-refractivity contribution in [2.75, 3.05) is 6.54 Å². The van der Waals surface area contributed by atoms with E-state index in [4.69, 9.17) is 5.11 Å². The predicted octanol–water partition coefficient (Wildman–Crippen LogP) is 3.65. The quantitative estimate of drug-likeness (QED) is 0.899. The van der Waals surface area contributed by atoms with Gasteiger partial charge in [-0.3, -0.25) is 9.69 Å². The second-order valence-corrected chi connectivity index (χ2v) is 7.37. The van der Waals surface area contributed by atoms with E-state index in [-0.39, 0.29) is 12.0 Å². The maximum atomic E-state index is 11.0. The molecule has 1 fully saturated rings. The summed E-state index contributed by atoms with van der Waals surface area (Å²) < 4.78 is 0. The van der Waals surface area contributed by atoms with Gasteiger partial charge in [0.05, 0.1) is 6.54 Å². The van der Waals surface area contributed by atoms with E-state index in [1.165, 1.54) is 22.3 Å². The molecule has 0 spiro atoms. The van der Waals surface area contributed by atoms with Crippen LogP contribution in [0.4, 0.5) is 0 Å². The van der Waals surface area contributed by atoms with E-state index in [9.17, 15) is 4.79 Å². The number of aliphatic carboxylic acids is 1. The van der Waals surface area contributed by atoms with Crippen LogP contribution in [0.3, 0.4) is 0 Å². The maximum absolute atomic E-state index is 11.0. The Hall–Kier alpha value is -1.35. The molecule has 2 rings (SSSR count). The first-order valence-electron chi connectivity index (χ1n) is 7.75. The number of hydrogen-bond acceptors (Lipinski definition) is 2. The molecule has 0 bridgehead atoms. The summed E-state index contributed by atoms with van der Waals surface area (Å²) in [5, 5.41) is 9.09. The number of rotatable bonds is 5. The van der Waals surface area contributed by atoms with Crippen molar-refractivity contribution < 1.29 is 9.90 Å². The molecule has 0 saturated heterocycles. The van der Waals surface area contributed by atoms with Crippen molar-refractivity contribution in [2.45, 2.75) is 65.5 Å². The van der Waals surface area contributed by atoms with Gasteiger partial charge < -0.3 is 5.11 Å². The Morgan fingerprint density at radius 3 is 2.14 bits per heavy atom. The summed E-state index contributed by atoms with van der Waals surface area (Å²) in [7, 11) is 0. The van der Waals surface area contributed by atoms with Crippen LogP contribution in [-0.4, -0.2) is 28.6 Å². The number of aryl methyl sites for hydroxylation is 2. The number of carboxylic acids is 1. The molecule has 3 nitrogen and oxygen atoms in total. The smallest absolute Gasteiger partial charge is 0.317 e. The minimum absolute atomic E-state index is 0.143. The molecule has 1 aliphatic rings. The van der Waals surface area contributed by atoms with E-state index in [1.54, 1.807) is 0 Å². The zero-order valence-corrected chi connectivity index (χ0v) is 13.9. The van der Waals surface area contributed by atoms with E-state index < -0.39 is 5.97 Å². The van der Waals surface area contributed by atoms with Crippen molar-refractivity contribution in [2.24, 2.45) is 0 Å². The Labute approximate surface area is 128 Å². The van der Waals surface area contributed by atoms with Crippen LogP contribution >= 0.6 is 0 Å². The van der Waals surface area contributed by atoms with Gasteiger partial charge in [-0.2, -0.15) is 0 Å². The Morgan fingerprint density at radius 2 is 1.76 bits per heavy atom. The van der Waals surface area contributed by atoms with Crippen LogP contribution in [0.2, 0.25) is 0 Å². The molecule has 0 radical (unpaired) electrons. The molecule has 1 saturated carbocycles. The van der Waals surface area contributed by atoms with E-state index in [1.807, 2.05) is 0 Å². The Morgan fingerprint density at radius 1 is 1.24 bits per heavy atom. The third-order valence-corrected chi connectivity index (χ3v) is 4.32. The van der Waals surface area contributed by atoms with Gasteiger partial charge >= 0.3 is 5.97 Å². The SMILES string of the molecule is Cc1cc(C(C)(C)C)cc(C)c1CN(CC(=O)O)C1CC1. The van der Waals surface area contributed by atoms with Gasteiger partial charge in [0.15, 0.2) is 0 Å². The molecule has 1 aliphatic carbocycles. The van der Waals surface area contributed by atoms with Crippen LogP contribution in [0.1, 0.15) is 55.9 Å². The number of hydrogen-bond donors (Lipinski definition) is 1. The highest BCUT2D eigenvalue weighted by molar-refractivity contribution is 5.69. The van der Waals surface area contributed by atoms with Crippen molar-refractivity contribution in [3.05, 3.63) is 34.4 Å². The van der Waals surface area contributed by atoms with E-state index in [2.05, 4.69) is 51.7 Å². The molecule has 3 heteroatoms. The first-order valence-corrected chi connectivity index (χ1v) is 7.75. The molecule has 1 aromatic carbocycles. The van der Waals surface area contributed by atoms with E-state index >= 15 is 0 Å². The molecule has 0 aliphatic heterocycles. The molecule has 21 heavy (non-hydrogen) atoms. The summed E-state index contributed by atoms with van der Waals surface area (Å²) in [6.45, 7) is 11.8. The van der Waals surface area contributed by atoms with Gasteiger partial charge in [0.1, 0.15) is 0 Å². The average Bonchev–Trinajstić information content (AvgIpc) is 3.14. The molecule has 0 atom stereocenters. The summed E-state index contributed by atoms with van der Waals surface area (Å²) in [6.07, 6.45) is 2.26. The van der Waals surface area contributed by atoms with Crippen molar-refractivity contribution in [1.29, 1.82) is 0 Å². The van der Waals surface area contributed by atoms with Gasteiger partial charge in [-0.25, -0.2) is 0 Å². The monoisotopic (exact) mass is 289 g/mol. The number of nitrogens with zero attached hydrogens (tertiary/aromatic N) is 1. The second-order valence-electron chi connectivity index (χ2n) is 7.37. The summed E-state index contributed by atoms with van der Waals surface area (Å²) in [4.78, 5) is 13.2.